The van der Waals surface area contributed by atoms with Crippen molar-refractivity contribution in [2.24, 2.45) is 5.92 Å². The molecule has 3 heterocycles. The number of carbonyl (C=O) groups is 2. The number of hydrogen-bond donors (Lipinski definition) is 1. The van der Waals surface area contributed by atoms with Gasteiger partial charge in [-0.1, -0.05) is 6.07 Å². The van der Waals surface area contributed by atoms with Crippen molar-refractivity contribution in [2.75, 3.05) is 26.3 Å². The number of imidazole rings is 1. The van der Waals surface area contributed by atoms with Crippen molar-refractivity contribution >= 4 is 11.8 Å². The molecule has 1 fully saturated rings. The number of hydrogen-bond acceptors (Lipinski definition) is 5. The number of amides is 2. The lowest BCUT2D eigenvalue weighted by Crippen LogP contribution is -2.47. The Morgan fingerprint density at radius 3 is 2.93 bits per heavy atom. The molecule has 4 rings (SSSR count). The summed E-state index contributed by atoms with van der Waals surface area (Å²) in [5.41, 5.74) is 1.69. The molecule has 0 spiro atoms. The first-order valence-electron chi connectivity index (χ1n) is 9.81. The standard InChI is InChI=1S/C21H23N5O3/c22-9-16-2-1-3-17(8-16)21(28)25-12-18-11-23-14-26(18)19(13-25)20(27)24-10-15-4-6-29-7-5-15/h1-3,8,11,14-15,19H,4-7,10,12-13H2,(H,24,27)/t19-/m1/s1. The zero-order valence-electron chi connectivity index (χ0n) is 16.1. The van der Waals surface area contributed by atoms with Crippen molar-refractivity contribution in [3.63, 3.8) is 0 Å². The van der Waals surface area contributed by atoms with E-state index in [1.54, 1.807) is 41.7 Å². The molecule has 150 valence electrons. The monoisotopic (exact) mass is 393 g/mol. The topological polar surface area (TPSA) is 100 Å². The molecule has 1 atom stereocenters. The fraction of sp³-hybridized carbons (Fsp3) is 0.429. The Bertz CT molecular complexity index is 942. The Morgan fingerprint density at radius 2 is 2.14 bits per heavy atom. The van der Waals surface area contributed by atoms with Crippen molar-refractivity contribution < 1.29 is 14.3 Å². The fourth-order valence-corrected chi connectivity index (χ4v) is 3.87. The van der Waals surface area contributed by atoms with E-state index in [-0.39, 0.29) is 18.4 Å². The van der Waals surface area contributed by atoms with Crippen molar-refractivity contribution in [3.05, 3.63) is 53.6 Å². The normalized spacial score (nSPS) is 19.3. The van der Waals surface area contributed by atoms with Crippen LogP contribution in [-0.4, -0.2) is 52.6 Å². The van der Waals surface area contributed by atoms with Crippen LogP contribution in [0.15, 0.2) is 36.8 Å². The smallest absolute Gasteiger partial charge is 0.254 e. The van der Waals surface area contributed by atoms with Gasteiger partial charge in [-0.15, -0.1) is 0 Å². The number of rotatable bonds is 4. The number of aromatic nitrogens is 2. The van der Waals surface area contributed by atoms with Crippen LogP contribution in [0.25, 0.3) is 0 Å². The molecule has 2 aromatic rings. The second-order valence-electron chi connectivity index (χ2n) is 7.49. The highest BCUT2D eigenvalue weighted by Gasteiger charge is 2.33. The summed E-state index contributed by atoms with van der Waals surface area (Å²) in [5, 5.41) is 12.1. The average Bonchev–Trinajstić information content (AvgIpc) is 3.25. The largest absolute Gasteiger partial charge is 0.381 e. The van der Waals surface area contributed by atoms with Gasteiger partial charge in [0.15, 0.2) is 0 Å². The van der Waals surface area contributed by atoms with Gasteiger partial charge < -0.3 is 19.5 Å². The minimum Gasteiger partial charge on any atom is -0.381 e. The van der Waals surface area contributed by atoms with Crippen LogP contribution in [0.3, 0.4) is 0 Å². The van der Waals surface area contributed by atoms with Gasteiger partial charge in [-0.05, 0) is 37.0 Å². The molecule has 0 radical (unpaired) electrons. The number of nitrogens with zero attached hydrogens (tertiary/aromatic N) is 4. The van der Waals surface area contributed by atoms with Crippen LogP contribution in [0.4, 0.5) is 0 Å². The van der Waals surface area contributed by atoms with Crippen LogP contribution in [0.2, 0.25) is 0 Å². The summed E-state index contributed by atoms with van der Waals surface area (Å²) in [4.78, 5) is 31.8. The molecule has 8 nitrogen and oxygen atoms in total. The van der Waals surface area contributed by atoms with Gasteiger partial charge in [-0.3, -0.25) is 9.59 Å². The van der Waals surface area contributed by atoms with Gasteiger partial charge in [0.1, 0.15) is 6.04 Å². The third kappa shape index (κ3) is 4.15. The van der Waals surface area contributed by atoms with Crippen molar-refractivity contribution in [2.45, 2.75) is 25.4 Å². The Kier molecular flexibility index (Phi) is 5.58. The maximum atomic E-state index is 13.0. The second kappa shape index (κ2) is 8.45. The maximum Gasteiger partial charge on any atom is 0.254 e. The number of ether oxygens (including phenoxy) is 1. The minimum atomic E-state index is -0.524. The first-order valence-corrected chi connectivity index (χ1v) is 9.81. The Balaban J connectivity index is 1.48. The molecular formula is C21H23N5O3. The minimum absolute atomic E-state index is 0.112. The summed E-state index contributed by atoms with van der Waals surface area (Å²) in [6, 6.07) is 8.15. The summed E-state index contributed by atoms with van der Waals surface area (Å²) in [6.07, 6.45) is 5.22. The van der Waals surface area contributed by atoms with E-state index in [1.165, 1.54) is 0 Å². The molecule has 2 aliphatic heterocycles. The SMILES string of the molecule is N#Cc1cccc(C(=O)N2Cc3cncn3[C@@H](C(=O)NCC3CCOCC3)C2)c1. The van der Waals surface area contributed by atoms with E-state index in [0.717, 1.165) is 31.7 Å². The van der Waals surface area contributed by atoms with E-state index in [9.17, 15) is 9.59 Å². The number of carbonyl (C=O) groups excluding carboxylic acids is 2. The highest BCUT2D eigenvalue weighted by Crippen LogP contribution is 2.23. The van der Waals surface area contributed by atoms with Crippen molar-refractivity contribution in [1.29, 1.82) is 5.26 Å². The molecule has 1 saturated heterocycles. The summed E-state index contributed by atoms with van der Waals surface area (Å²) in [7, 11) is 0. The molecular weight excluding hydrogens is 370 g/mol. The second-order valence-corrected chi connectivity index (χ2v) is 7.49. The summed E-state index contributed by atoms with van der Waals surface area (Å²) >= 11 is 0. The van der Waals surface area contributed by atoms with Gasteiger partial charge in [-0.2, -0.15) is 5.26 Å². The van der Waals surface area contributed by atoms with Crippen LogP contribution in [0.5, 0.6) is 0 Å². The maximum absolute atomic E-state index is 13.0. The Morgan fingerprint density at radius 1 is 1.31 bits per heavy atom. The van der Waals surface area contributed by atoms with Gasteiger partial charge in [0, 0.05) is 31.5 Å². The predicted octanol–water partition coefficient (Wildman–Crippen LogP) is 1.49. The Labute approximate surface area is 169 Å². The van der Waals surface area contributed by atoms with Crippen LogP contribution < -0.4 is 5.32 Å². The van der Waals surface area contributed by atoms with Gasteiger partial charge in [0.05, 0.1) is 36.7 Å². The Hall–Kier alpha value is -3.18. The predicted molar refractivity (Wildman–Crippen MR) is 104 cm³/mol. The summed E-state index contributed by atoms with van der Waals surface area (Å²) in [6.45, 7) is 2.72. The quantitative estimate of drug-likeness (QED) is 0.848. The van der Waals surface area contributed by atoms with E-state index in [0.29, 0.717) is 30.1 Å². The summed E-state index contributed by atoms with van der Waals surface area (Å²) < 4.78 is 7.21. The third-order valence-electron chi connectivity index (χ3n) is 5.56. The van der Waals surface area contributed by atoms with Crippen LogP contribution >= 0.6 is 0 Å². The molecule has 2 aliphatic rings. The van der Waals surface area contributed by atoms with E-state index in [2.05, 4.69) is 16.4 Å². The lowest BCUT2D eigenvalue weighted by Gasteiger charge is -2.34. The molecule has 2 amide bonds. The molecule has 0 saturated carbocycles. The first-order chi connectivity index (χ1) is 14.2. The molecule has 1 N–H and O–H groups in total. The lowest BCUT2D eigenvalue weighted by atomic mass is 10.0. The number of nitriles is 1. The molecule has 8 heteroatoms. The van der Waals surface area contributed by atoms with E-state index < -0.39 is 6.04 Å². The molecule has 1 aromatic carbocycles. The number of fused-ring (bicyclic) bond motifs is 1. The molecule has 0 bridgehead atoms. The molecule has 0 aliphatic carbocycles. The van der Waals surface area contributed by atoms with E-state index in [4.69, 9.17) is 10.00 Å². The molecule has 0 unspecified atom stereocenters. The van der Waals surface area contributed by atoms with Gasteiger partial charge in [-0.25, -0.2) is 4.98 Å². The summed E-state index contributed by atoms with van der Waals surface area (Å²) in [5.74, 6) is 0.112. The van der Waals surface area contributed by atoms with Gasteiger partial charge in [0.2, 0.25) is 5.91 Å². The van der Waals surface area contributed by atoms with E-state index >= 15 is 0 Å². The zero-order valence-corrected chi connectivity index (χ0v) is 16.1. The van der Waals surface area contributed by atoms with E-state index in [1.807, 2.05) is 4.57 Å². The third-order valence-corrected chi connectivity index (χ3v) is 5.56. The van der Waals surface area contributed by atoms with Gasteiger partial charge >= 0.3 is 0 Å². The van der Waals surface area contributed by atoms with Crippen LogP contribution in [0.1, 0.15) is 40.5 Å². The van der Waals surface area contributed by atoms with Crippen molar-refractivity contribution in [1.82, 2.24) is 19.8 Å². The van der Waals surface area contributed by atoms with Crippen LogP contribution in [0, 0.1) is 17.2 Å². The molecule has 1 aromatic heterocycles. The fourth-order valence-electron chi connectivity index (χ4n) is 3.87. The number of benzene rings is 1. The lowest BCUT2D eigenvalue weighted by molar-refractivity contribution is -0.125. The number of nitrogens with one attached hydrogen (secondary N) is 1. The van der Waals surface area contributed by atoms with Crippen molar-refractivity contribution in [3.8, 4) is 6.07 Å². The highest BCUT2D eigenvalue weighted by molar-refractivity contribution is 5.95. The molecule has 29 heavy (non-hydrogen) atoms. The van der Waals surface area contributed by atoms with Crippen LogP contribution in [-0.2, 0) is 16.1 Å². The first kappa shape index (κ1) is 19.2. The average molecular weight is 393 g/mol. The zero-order chi connectivity index (χ0) is 20.2. The highest BCUT2D eigenvalue weighted by atomic mass is 16.5. The van der Waals surface area contributed by atoms with Gasteiger partial charge in [0.25, 0.3) is 5.91 Å².